The van der Waals surface area contributed by atoms with Gasteiger partial charge in [-0.2, -0.15) is 0 Å². The van der Waals surface area contributed by atoms with E-state index in [1.807, 2.05) is 0 Å². The van der Waals surface area contributed by atoms with Gasteiger partial charge in [0.15, 0.2) is 0 Å². The number of hydrogen-bond donors (Lipinski definition) is 2. The van der Waals surface area contributed by atoms with Crippen molar-refractivity contribution in [2.24, 2.45) is 0 Å². The fourth-order valence-corrected chi connectivity index (χ4v) is 0. The minimum absolute atomic E-state index is 0. The Balaban J connectivity index is 0. The molecule has 32 valence electrons. The zero-order chi connectivity index (χ0) is 4.28. The van der Waals surface area contributed by atoms with Gasteiger partial charge in [0, 0.05) is 7.05 Å². The van der Waals surface area contributed by atoms with Crippen LogP contribution in [0.1, 0.15) is 0 Å². The van der Waals surface area contributed by atoms with Crippen molar-refractivity contribution in [3.05, 3.63) is 0 Å². The summed E-state index contributed by atoms with van der Waals surface area (Å²) in [6.07, 6.45) is 0. The van der Waals surface area contributed by atoms with Gasteiger partial charge in [0.1, 0.15) is 4.32 Å². The second kappa shape index (κ2) is 6.88. The third-order valence-electron chi connectivity index (χ3n) is 0.214. The van der Waals surface area contributed by atoms with Crippen LogP contribution in [0.5, 0.6) is 0 Å². The first kappa shape index (κ1) is 10.8. The van der Waals surface area contributed by atoms with Crippen LogP contribution in [-0.2, 0) is 0 Å². The van der Waals surface area contributed by atoms with E-state index in [4.69, 9.17) is 0 Å². The van der Waals surface area contributed by atoms with Crippen molar-refractivity contribution in [1.29, 1.82) is 0 Å². The van der Waals surface area contributed by atoms with Gasteiger partial charge in [-0.3, -0.25) is 0 Å². The normalized spacial score (nSPS) is 5.67. The van der Waals surface area contributed by atoms with Gasteiger partial charge in [-0.15, -0.1) is 12.6 Å². The summed E-state index contributed by atoms with van der Waals surface area (Å²) < 4.78 is 0.532. The van der Waals surface area contributed by atoms with E-state index in [1.165, 1.54) is 0 Å². The molecule has 0 atom stereocenters. The van der Waals surface area contributed by atoms with Gasteiger partial charge >= 0.3 is 51.4 Å². The van der Waals surface area contributed by atoms with Gasteiger partial charge in [0.05, 0.1) is 0 Å². The van der Waals surface area contributed by atoms with Crippen molar-refractivity contribution >= 4 is 80.6 Å². The van der Waals surface area contributed by atoms with Crippen LogP contribution in [0.15, 0.2) is 0 Å². The van der Waals surface area contributed by atoms with Gasteiger partial charge in [-0.1, -0.05) is 12.2 Å². The van der Waals surface area contributed by atoms with Gasteiger partial charge in [-0.25, -0.2) is 0 Å². The molecule has 0 aliphatic heterocycles. The van der Waals surface area contributed by atoms with Gasteiger partial charge in [0.2, 0.25) is 0 Å². The molecule has 4 heteroatoms. The van der Waals surface area contributed by atoms with E-state index in [1.54, 1.807) is 7.05 Å². The Hall–Kier alpha value is 1.88. The molecule has 0 rings (SSSR count). The van der Waals surface area contributed by atoms with Gasteiger partial charge in [0.25, 0.3) is 0 Å². The molecule has 0 aromatic heterocycles. The minimum atomic E-state index is 0. The molecule has 0 aliphatic carbocycles. The van der Waals surface area contributed by atoms with Crippen molar-refractivity contribution in [2.75, 3.05) is 7.05 Å². The van der Waals surface area contributed by atoms with E-state index in [0.29, 0.717) is 4.32 Å². The Morgan fingerprint density at radius 3 is 2.00 bits per heavy atom. The van der Waals surface area contributed by atoms with Crippen LogP contribution in [-0.4, -0.2) is 62.8 Å². The molecule has 0 radical (unpaired) electrons. The molecule has 0 heterocycles. The van der Waals surface area contributed by atoms with Crippen molar-refractivity contribution in [3.8, 4) is 0 Å². The molecule has 0 aliphatic rings. The molecular formula is C2H6KNS2. The second-order valence-corrected chi connectivity index (χ2v) is 1.71. The van der Waals surface area contributed by atoms with E-state index < -0.39 is 0 Å². The fraction of sp³-hybridized carbons (Fsp3) is 0.500. The summed E-state index contributed by atoms with van der Waals surface area (Å²) in [5.41, 5.74) is 0. The summed E-state index contributed by atoms with van der Waals surface area (Å²) in [6.45, 7) is 0. The third kappa shape index (κ3) is 9.30. The summed E-state index contributed by atoms with van der Waals surface area (Å²) in [5, 5.41) is 2.62. The van der Waals surface area contributed by atoms with Crippen LogP contribution in [0.4, 0.5) is 0 Å². The molecule has 0 aromatic carbocycles. The maximum atomic E-state index is 4.45. The average molecular weight is 147 g/mol. The predicted molar refractivity (Wildman–Crippen MR) is 37.8 cm³/mol. The predicted octanol–water partition coefficient (Wildman–Crippen LogP) is -0.228. The number of nitrogens with one attached hydrogen (secondary N) is 1. The van der Waals surface area contributed by atoms with Crippen LogP contribution >= 0.6 is 24.8 Å². The van der Waals surface area contributed by atoms with Crippen LogP contribution in [0, 0.1) is 0 Å². The molecule has 6 heavy (non-hydrogen) atoms. The van der Waals surface area contributed by atoms with E-state index in [-0.39, 0.29) is 51.4 Å². The Bertz CT molecular complexity index is 46.8. The SMILES string of the molecule is CNC(=S)S.[KH]. The number of hydrogen-bond acceptors (Lipinski definition) is 1. The summed E-state index contributed by atoms with van der Waals surface area (Å²) in [4.78, 5) is 0. The van der Waals surface area contributed by atoms with E-state index in [9.17, 15) is 0 Å². The fourth-order valence-electron chi connectivity index (χ4n) is 0. The number of rotatable bonds is 0. The molecule has 1 N–H and O–H groups in total. The molecule has 1 nitrogen and oxygen atoms in total. The molecule has 0 bridgehead atoms. The molecule has 0 saturated heterocycles. The Morgan fingerprint density at radius 2 is 2.00 bits per heavy atom. The van der Waals surface area contributed by atoms with Crippen molar-refractivity contribution in [1.82, 2.24) is 5.32 Å². The topological polar surface area (TPSA) is 12.0 Å². The molecule has 0 spiro atoms. The van der Waals surface area contributed by atoms with Crippen molar-refractivity contribution in [3.63, 3.8) is 0 Å². The quantitative estimate of drug-likeness (QED) is 0.279. The zero-order valence-electron chi connectivity index (χ0n) is 2.86. The number of thiocarbonyl (C=S) groups is 1. The van der Waals surface area contributed by atoms with Gasteiger partial charge < -0.3 is 5.32 Å². The Kier molecular flexibility index (Phi) is 12.4. The third-order valence-corrected chi connectivity index (χ3v) is 0.642. The standard InChI is InChI=1S/C2H5NS2.K.H/c1-3-2(4)5;;/h1H3,(H2,3,4,5);;. The first-order chi connectivity index (χ1) is 2.27. The molecular weight excluding hydrogens is 141 g/mol. The monoisotopic (exact) mass is 147 g/mol. The first-order valence-electron chi connectivity index (χ1n) is 1.18. The van der Waals surface area contributed by atoms with Crippen LogP contribution in [0.25, 0.3) is 0 Å². The maximum absolute atomic E-state index is 4.45. The molecule has 0 saturated carbocycles. The molecule has 0 fully saturated rings. The average Bonchev–Trinajstić information content (AvgIpc) is 1.38. The second-order valence-electron chi connectivity index (χ2n) is 0.555. The van der Waals surface area contributed by atoms with E-state index >= 15 is 0 Å². The Labute approximate surface area is 91.1 Å². The number of thiol groups is 1. The molecule has 0 aromatic rings. The van der Waals surface area contributed by atoms with E-state index in [0.717, 1.165) is 0 Å². The molecule has 0 amide bonds. The van der Waals surface area contributed by atoms with Crippen LogP contribution in [0.2, 0.25) is 0 Å². The summed E-state index contributed by atoms with van der Waals surface area (Å²) >= 11 is 8.17. The van der Waals surface area contributed by atoms with Crippen molar-refractivity contribution < 1.29 is 0 Å². The first-order valence-corrected chi connectivity index (χ1v) is 2.03. The summed E-state index contributed by atoms with van der Waals surface area (Å²) in [7, 11) is 1.73. The van der Waals surface area contributed by atoms with E-state index in [2.05, 4.69) is 30.2 Å². The van der Waals surface area contributed by atoms with Crippen molar-refractivity contribution in [2.45, 2.75) is 0 Å². The van der Waals surface area contributed by atoms with Gasteiger partial charge in [-0.05, 0) is 0 Å². The van der Waals surface area contributed by atoms with Crippen LogP contribution < -0.4 is 5.32 Å². The Morgan fingerprint density at radius 1 is 1.83 bits per heavy atom. The summed E-state index contributed by atoms with van der Waals surface area (Å²) in [6, 6.07) is 0. The zero-order valence-corrected chi connectivity index (χ0v) is 4.57. The summed E-state index contributed by atoms with van der Waals surface area (Å²) in [5.74, 6) is 0. The van der Waals surface area contributed by atoms with Crippen LogP contribution in [0.3, 0.4) is 0 Å². The molecule has 0 unspecified atom stereocenters.